The average Bonchev–Trinajstić information content (AvgIpc) is 3.30. The Balaban J connectivity index is 1.46. The molecule has 2 aromatic rings. The number of fused-ring (bicyclic) bond motifs is 2. The van der Waals surface area contributed by atoms with E-state index in [9.17, 15) is 23.1 Å². The number of rotatable bonds is 6. The molecule has 3 N–H and O–H groups in total. The molecule has 2 aliphatic heterocycles. The Bertz CT molecular complexity index is 1070. The van der Waals surface area contributed by atoms with Crippen molar-refractivity contribution in [1.82, 2.24) is 0 Å². The lowest BCUT2D eigenvalue weighted by Crippen LogP contribution is -2.39. The highest BCUT2D eigenvalue weighted by atomic mass is 32.2. The highest BCUT2D eigenvalue weighted by Crippen LogP contribution is 2.39. The van der Waals surface area contributed by atoms with Gasteiger partial charge in [-0.05, 0) is 36.4 Å². The molecule has 0 saturated carbocycles. The molecule has 2 bridgehead atoms. The van der Waals surface area contributed by atoms with Crippen molar-refractivity contribution in [3.8, 4) is 0 Å². The average molecular weight is 414 g/mol. The molecular weight excluding hydrogens is 396 g/mol. The van der Waals surface area contributed by atoms with Crippen LogP contribution in [-0.2, 0) is 24.3 Å². The molecule has 1 amide bonds. The Morgan fingerprint density at radius 3 is 2.10 bits per heavy atom. The first kappa shape index (κ1) is 19.2. The molecule has 0 radical (unpaired) electrons. The van der Waals surface area contributed by atoms with E-state index in [-0.39, 0.29) is 4.90 Å². The van der Waals surface area contributed by atoms with E-state index in [1.165, 1.54) is 24.3 Å². The van der Waals surface area contributed by atoms with Crippen molar-refractivity contribution in [3.63, 3.8) is 0 Å². The number of aliphatic carboxylic acids is 1. The fraction of sp³-hybridized carbons (Fsp3) is 0.200. The number of anilines is 2. The van der Waals surface area contributed by atoms with E-state index in [1.807, 2.05) is 0 Å². The number of sulfonamides is 1. The zero-order valence-corrected chi connectivity index (χ0v) is 15.9. The van der Waals surface area contributed by atoms with Crippen molar-refractivity contribution in [2.75, 3.05) is 10.0 Å². The number of carbonyl (C=O) groups excluding carboxylic acids is 1. The van der Waals surface area contributed by atoms with Gasteiger partial charge in [0.25, 0.3) is 10.0 Å². The molecule has 4 atom stereocenters. The minimum Gasteiger partial charge on any atom is -0.481 e. The van der Waals surface area contributed by atoms with Gasteiger partial charge in [-0.3, -0.25) is 14.3 Å². The number of nitrogens with one attached hydrogen (secondary N) is 2. The van der Waals surface area contributed by atoms with Crippen LogP contribution in [0.3, 0.4) is 0 Å². The summed E-state index contributed by atoms with van der Waals surface area (Å²) in [5, 5.41) is 12.1. The first-order valence-electron chi connectivity index (χ1n) is 8.90. The Kier molecular flexibility index (Phi) is 4.85. The second-order valence-electron chi connectivity index (χ2n) is 6.83. The van der Waals surface area contributed by atoms with Crippen LogP contribution in [0.15, 0.2) is 71.6 Å². The number of hydrogen-bond acceptors (Lipinski definition) is 5. The summed E-state index contributed by atoms with van der Waals surface area (Å²) in [6, 6.07) is 14.1. The van der Waals surface area contributed by atoms with Crippen molar-refractivity contribution in [2.24, 2.45) is 11.8 Å². The zero-order chi connectivity index (χ0) is 20.6. The smallest absolute Gasteiger partial charge is 0.310 e. The van der Waals surface area contributed by atoms with Crippen LogP contribution in [0.5, 0.6) is 0 Å². The van der Waals surface area contributed by atoms with Gasteiger partial charge in [-0.15, -0.1) is 0 Å². The van der Waals surface area contributed by atoms with Crippen LogP contribution in [0.1, 0.15) is 0 Å². The molecule has 2 heterocycles. The standard InChI is InChI=1S/C20H18N2O6S/c23-19(17-15-10-11-16(28-15)18(17)20(24)25)21-12-6-8-14(9-7-12)29(26,27)22-13-4-2-1-3-5-13/h1-11,15-18,22H,(H,21,23)(H,24,25)/t15-,16+,17+,18-/m0/s1. The van der Waals surface area contributed by atoms with Crippen molar-refractivity contribution in [1.29, 1.82) is 0 Å². The van der Waals surface area contributed by atoms with E-state index in [2.05, 4.69) is 10.0 Å². The lowest BCUT2D eigenvalue weighted by Gasteiger charge is -2.21. The largest absolute Gasteiger partial charge is 0.481 e. The van der Waals surface area contributed by atoms with Gasteiger partial charge >= 0.3 is 5.97 Å². The van der Waals surface area contributed by atoms with Gasteiger partial charge in [0, 0.05) is 11.4 Å². The Morgan fingerprint density at radius 1 is 0.862 bits per heavy atom. The zero-order valence-electron chi connectivity index (χ0n) is 15.1. The highest BCUT2D eigenvalue weighted by Gasteiger charge is 2.53. The van der Waals surface area contributed by atoms with Gasteiger partial charge in [-0.25, -0.2) is 8.42 Å². The lowest BCUT2D eigenvalue weighted by molar-refractivity contribution is -0.145. The van der Waals surface area contributed by atoms with Gasteiger partial charge in [0.2, 0.25) is 5.91 Å². The third-order valence-corrected chi connectivity index (χ3v) is 6.34. The third kappa shape index (κ3) is 3.74. The van der Waals surface area contributed by atoms with Gasteiger partial charge < -0.3 is 15.2 Å². The molecule has 0 aromatic heterocycles. The molecule has 8 nitrogen and oxygen atoms in total. The maximum absolute atomic E-state index is 12.6. The minimum absolute atomic E-state index is 0.0361. The molecule has 9 heteroatoms. The van der Waals surface area contributed by atoms with Crippen molar-refractivity contribution in [3.05, 3.63) is 66.7 Å². The fourth-order valence-corrected chi connectivity index (χ4v) is 4.64. The first-order valence-corrected chi connectivity index (χ1v) is 10.4. The Labute approximate surface area is 167 Å². The van der Waals surface area contributed by atoms with Gasteiger partial charge in [0.1, 0.15) is 5.92 Å². The first-order chi connectivity index (χ1) is 13.8. The van der Waals surface area contributed by atoms with Crippen LogP contribution in [0, 0.1) is 11.8 Å². The number of carboxylic acids is 1. The van der Waals surface area contributed by atoms with Crippen LogP contribution in [0.4, 0.5) is 11.4 Å². The molecule has 2 aromatic carbocycles. The predicted molar refractivity (Wildman–Crippen MR) is 105 cm³/mol. The molecule has 1 fully saturated rings. The number of carbonyl (C=O) groups is 2. The summed E-state index contributed by atoms with van der Waals surface area (Å²) in [4.78, 5) is 24.2. The monoisotopic (exact) mass is 414 g/mol. The molecule has 0 unspecified atom stereocenters. The van der Waals surface area contributed by atoms with E-state index in [0.29, 0.717) is 11.4 Å². The maximum atomic E-state index is 12.6. The lowest BCUT2D eigenvalue weighted by atomic mass is 9.82. The van der Waals surface area contributed by atoms with E-state index in [1.54, 1.807) is 42.5 Å². The number of amides is 1. The van der Waals surface area contributed by atoms with E-state index < -0.39 is 45.9 Å². The maximum Gasteiger partial charge on any atom is 0.310 e. The van der Waals surface area contributed by atoms with Crippen LogP contribution >= 0.6 is 0 Å². The van der Waals surface area contributed by atoms with Crippen LogP contribution in [-0.4, -0.2) is 37.6 Å². The Morgan fingerprint density at radius 2 is 1.48 bits per heavy atom. The quantitative estimate of drug-likeness (QED) is 0.622. The van der Waals surface area contributed by atoms with Gasteiger partial charge in [0.15, 0.2) is 0 Å². The predicted octanol–water partition coefficient (Wildman–Crippen LogP) is 2.08. The molecule has 0 spiro atoms. The molecule has 29 heavy (non-hydrogen) atoms. The minimum atomic E-state index is -3.77. The summed E-state index contributed by atoms with van der Waals surface area (Å²) in [7, 11) is -3.77. The van der Waals surface area contributed by atoms with Crippen LogP contribution < -0.4 is 10.0 Å². The van der Waals surface area contributed by atoms with Crippen LogP contribution in [0.25, 0.3) is 0 Å². The van der Waals surface area contributed by atoms with Crippen molar-refractivity contribution in [2.45, 2.75) is 17.1 Å². The van der Waals surface area contributed by atoms with Gasteiger partial charge in [-0.2, -0.15) is 0 Å². The molecule has 0 aliphatic carbocycles. The third-order valence-electron chi connectivity index (χ3n) is 4.95. The van der Waals surface area contributed by atoms with E-state index in [0.717, 1.165) is 0 Å². The van der Waals surface area contributed by atoms with Gasteiger partial charge in [0.05, 0.1) is 23.0 Å². The molecular formula is C20H18N2O6S. The number of para-hydroxylation sites is 1. The number of carboxylic acid groups (broad SMARTS) is 1. The fourth-order valence-electron chi connectivity index (χ4n) is 3.58. The summed E-state index contributed by atoms with van der Waals surface area (Å²) in [5.41, 5.74) is 0.804. The Hall–Kier alpha value is -3.17. The van der Waals surface area contributed by atoms with Crippen LogP contribution in [0.2, 0.25) is 0 Å². The summed E-state index contributed by atoms with van der Waals surface area (Å²) in [6.07, 6.45) is 2.17. The topological polar surface area (TPSA) is 122 Å². The molecule has 150 valence electrons. The van der Waals surface area contributed by atoms with Gasteiger partial charge in [-0.1, -0.05) is 30.4 Å². The second-order valence-corrected chi connectivity index (χ2v) is 8.51. The summed E-state index contributed by atoms with van der Waals surface area (Å²) in [5.74, 6) is -3.35. The number of ether oxygens (including phenoxy) is 1. The number of hydrogen-bond donors (Lipinski definition) is 3. The summed E-state index contributed by atoms with van der Waals surface area (Å²) >= 11 is 0. The van der Waals surface area contributed by atoms with E-state index in [4.69, 9.17) is 4.74 Å². The van der Waals surface area contributed by atoms with E-state index >= 15 is 0 Å². The number of benzene rings is 2. The SMILES string of the molecule is O=C(O)[C@@H]1[C@H](C(=O)Nc2ccc(S(=O)(=O)Nc3ccccc3)cc2)[C@@H]2C=C[C@H]1O2. The summed E-state index contributed by atoms with van der Waals surface area (Å²) in [6.45, 7) is 0. The molecule has 1 saturated heterocycles. The van der Waals surface area contributed by atoms with Crippen molar-refractivity contribution >= 4 is 33.3 Å². The highest BCUT2D eigenvalue weighted by molar-refractivity contribution is 7.92. The summed E-state index contributed by atoms with van der Waals surface area (Å²) < 4.78 is 32.9. The molecule has 4 rings (SSSR count). The second kappa shape index (κ2) is 7.34. The normalized spacial score (nSPS) is 25.0. The molecule has 2 aliphatic rings. The van der Waals surface area contributed by atoms with Crippen molar-refractivity contribution < 1.29 is 27.9 Å².